The van der Waals surface area contributed by atoms with Crippen molar-refractivity contribution in [2.75, 3.05) is 26.9 Å². The smallest absolute Gasteiger partial charge is 0.313 e. The molecule has 46 heavy (non-hydrogen) atoms. The number of ketones is 3. The van der Waals surface area contributed by atoms with Gasteiger partial charge in [-0.25, -0.2) is 0 Å². The van der Waals surface area contributed by atoms with Gasteiger partial charge in [0.05, 0.1) is 26.9 Å². The molecule has 0 aromatic heterocycles. The maximum absolute atomic E-state index is 13.5. The van der Waals surface area contributed by atoms with Gasteiger partial charge in [-0.2, -0.15) is 0 Å². The Kier molecular flexibility index (Phi) is 15.5. The summed E-state index contributed by atoms with van der Waals surface area (Å²) >= 11 is 0. The SMILES string of the molecule is CCOC(=O)CC(=O)/C=C(\C)[C@@H]1CC(C)=CC(=O)[C@H]1CC(=O)/C=C(\CCOCc1ccc(OC)cc1)CCO[Si](C)(C)C(C)(C)C. The maximum Gasteiger partial charge on any atom is 0.313 e. The third-order valence-electron chi connectivity index (χ3n) is 8.85. The van der Waals surface area contributed by atoms with Crippen molar-refractivity contribution in [3.63, 3.8) is 0 Å². The number of hydrogen-bond donors (Lipinski definition) is 0. The second kappa shape index (κ2) is 18.3. The molecule has 1 aromatic rings. The minimum atomic E-state index is -1.97. The molecule has 0 saturated heterocycles. The highest BCUT2D eigenvalue weighted by Gasteiger charge is 2.37. The first kappa shape index (κ1) is 39.0. The van der Waals surface area contributed by atoms with Gasteiger partial charge in [-0.3, -0.25) is 19.2 Å². The fraction of sp³-hybridized carbons (Fsp3) is 0.568. The Labute approximate surface area is 276 Å². The first-order valence-corrected chi connectivity index (χ1v) is 19.1. The van der Waals surface area contributed by atoms with E-state index in [9.17, 15) is 19.2 Å². The van der Waals surface area contributed by atoms with Crippen LogP contribution in [-0.2, 0) is 39.7 Å². The first-order valence-electron chi connectivity index (χ1n) is 16.2. The Morgan fingerprint density at radius 2 is 1.65 bits per heavy atom. The second-order valence-electron chi connectivity index (χ2n) is 13.6. The Hall–Kier alpha value is -3.14. The molecule has 0 heterocycles. The van der Waals surface area contributed by atoms with Crippen molar-refractivity contribution < 1.29 is 37.8 Å². The van der Waals surface area contributed by atoms with Crippen LogP contribution in [0.3, 0.4) is 0 Å². The van der Waals surface area contributed by atoms with E-state index in [0.717, 1.165) is 22.5 Å². The van der Waals surface area contributed by atoms with Gasteiger partial charge in [0.25, 0.3) is 0 Å². The molecule has 0 N–H and O–H groups in total. The van der Waals surface area contributed by atoms with E-state index in [2.05, 4.69) is 33.9 Å². The summed E-state index contributed by atoms with van der Waals surface area (Å²) in [6.45, 7) is 17.9. The van der Waals surface area contributed by atoms with Gasteiger partial charge in [-0.05, 0) is 100 Å². The molecule has 0 saturated carbocycles. The highest BCUT2D eigenvalue weighted by molar-refractivity contribution is 6.74. The zero-order valence-corrected chi connectivity index (χ0v) is 30.3. The normalized spacial score (nSPS) is 17.8. The van der Waals surface area contributed by atoms with Gasteiger partial charge < -0.3 is 18.6 Å². The molecule has 0 unspecified atom stereocenters. The summed E-state index contributed by atoms with van der Waals surface area (Å²) in [6.07, 6.45) is 6.08. The minimum Gasteiger partial charge on any atom is -0.497 e. The molecule has 1 aromatic carbocycles. The fourth-order valence-corrected chi connectivity index (χ4v) is 6.17. The van der Waals surface area contributed by atoms with E-state index in [-0.39, 0.29) is 47.8 Å². The van der Waals surface area contributed by atoms with E-state index in [1.807, 2.05) is 31.2 Å². The number of carbonyl (C=O) groups excluding carboxylic acids is 4. The highest BCUT2D eigenvalue weighted by atomic mass is 28.4. The largest absolute Gasteiger partial charge is 0.497 e. The monoisotopic (exact) mass is 654 g/mol. The van der Waals surface area contributed by atoms with Gasteiger partial charge in [0, 0.05) is 18.9 Å². The topological polar surface area (TPSA) is 105 Å². The van der Waals surface area contributed by atoms with Gasteiger partial charge in [0.15, 0.2) is 25.7 Å². The van der Waals surface area contributed by atoms with E-state index >= 15 is 0 Å². The fourth-order valence-electron chi connectivity index (χ4n) is 5.13. The van der Waals surface area contributed by atoms with Crippen molar-refractivity contribution in [2.24, 2.45) is 11.8 Å². The van der Waals surface area contributed by atoms with Crippen LogP contribution in [-0.4, -0.2) is 58.6 Å². The first-order chi connectivity index (χ1) is 21.6. The number of methoxy groups -OCH3 is 1. The van der Waals surface area contributed by atoms with Crippen LogP contribution in [0.4, 0.5) is 0 Å². The molecule has 8 nitrogen and oxygen atoms in total. The van der Waals surface area contributed by atoms with E-state index in [1.54, 1.807) is 33.1 Å². The van der Waals surface area contributed by atoms with Crippen LogP contribution in [0.25, 0.3) is 0 Å². The van der Waals surface area contributed by atoms with Crippen molar-refractivity contribution >= 4 is 31.6 Å². The van der Waals surface area contributed by atoms with Crippen LogP contribution in [0.15, 0.2) is 59.2 Å². The van der Waals surface area contributed by atoms with Gasteiger partial charge >= 0.3 is 5.97 Å². The number of esters is 1. The predicted molar refractivity (Wildman–Crippen MR) is 183 cm³/mol. The number of carbonyl (C=O) groups is 4. The van der Waals surface area contributed by atoms with E-state index in [1.165, 1.54) is 6.08 Å². The average Bonchev–Trinajstić information content (AvgIpc) is 2.96. The third kappa shape index (κ3) is 12.9. The Morgan fingerprint density at radius 1 is 1.00 bits per heavy atom. The molecule has 0 amide bonds. The van der Waals surface area contributed by atoms with Crippen molar-refractivity contribution in [3.8, 4) is 5.75 Å². The van der Waals surface area contributed by atoms with Gasteiger partial charge in [0.2, 0.25) is 0 Å². The lowest BCUT2D eigenvalue weighted by Gasteiger charge is -2.36. The Balaban J connectivity index is 2.18. The van der Waals surface area contributed by atoms with Crippen LogP contribution in [0.1, 0.15) is 79.2 Å². The molecule has 2 rings (SSSR count). The van der Waals surface area contributed by atoms with Crippen molar-refractivity contribution in [2.45, 2.75) is 98.4 Å². The standard InChI is InChI=1S/C37H54O8Si/c1-10-44-36(41)24-30(38)21-27(3)33-19-26(2)20-35(40)34(33)23-31(39)22-28(16-18-45-46(8,9)37(4,5)6)15-17-43-25-29-11-13-32(42-7)14-12-29/h11-14,20-22,33-34H,10,15-19,23-25H2,1-9H3/b27-21+,28-22+/t33-,34-/m0/s1. The maximum atomic E-state index is 13.5. The molecule has 2 atom stereocenters. The summed E-state index contributed by atoms with van der Waals surface area (Å²) < 4.78 is 22.5. The van der Waals surface area contributed by atoms with Crippen LogP contribution >= 0.6 is 0 Å². The van der Waals surface area contributed by atoms with E-state index in [0.29, 0.717) is 44.7 Å². The van der Waals surface area contributed by atoms with Gasteiger partial charge in [-0.15, -0.1) is 0 Å². The molecule has 0 aliphatic heterocycles. The zero-order valence-electron chi connectivity index (χ0n) is 29.3. The molecule has 1 aliphatic rings. The van der Waals surface area contributed by atoms with Crippen LogP contribution in [0, 0.1) is 11.8 Å². The van der Waals surface area contributed by atoms with Crippen LogP contribution in [0.2, 0.25) is 18.1 Å². The molecule has 0 fully saturated rings. The molecule has 0 bridgehead atoms. The molecule has 0 radical (unpaired) electrons. The van der Waals surface area contributed by atoms with Crippen LogP contribution < -0.4 is 4.74 Å². The zero-order chi connectivity index (χ0) is 34.5. The highest BCUT2D eigenvalue weighted by Crippen LogP contribution is 2.37. The van der Waals surface area contributed by atoms with Gasteiger partial charge in [-0.1, -0.05) is 49.6 Å². The lowest BCUT2D eigenvalue weighted by atomic mass is 9.73. The molecular weight excluding hydrogens is 600 g/mol. The quantitative estimate of drug-likeness (QED) is 0.0526. The Bertz CT molecular complexity index is 1300. The van der Waals surface area contributed by atoms with E-state index in [4.69, 9.17) is 18.6 Å². The van der Waals surface area contributed by atoms with E-state index < -0.39 is 20.2 Å². The summed E-state index contributed by atoms with van der Waals surface area (Å²) in [5.41, 5.74) is 3.53. The number of benzene rings is 1. The number of hydrogen-bond acceptors (Lipinski definition) is 8. The Morgan fingerprint density at radius 3 is 2.26 bits per heavy atom. The average molecular weight is 655 g/mol. The summed E-state index contributed by atoms with van der Waals surface area (Å²) in [6, 6.07) is 7.71. The van der Waals surface area contributed by atoms with Crippen molar-refractivity contribution in [3.05, 3.63) is 64.8 Å². The summed E-state index contributed by atoms with van der Waals surface area (Å²) in [5, 5.41) is 0.0687. The predicted octanol–water partition coefficient (Wildman–Crippen LogP) is 7.52. The molecule has 0 spiro atoms. The molecule has 1 aliphatic carbocycles. The number of ether oxygens (including phenoxy) is 3. The van der Waals surface area contributed by atoms with Crippen molar-refractivity contribution in [1.29, 1.82) is 0 Å². The number of allylic oxidation sites excluding steroid dienone is 5. The van der Waals surface area contributed by atoms with Crippen molar-refractivity contribution in [1.82, 2.24) is 0 Å². The third-order valence-corrected chi connectivity index (χ3v) is 13.4. The van der Waals surface area contributed by atoms with Gasteiger partial charge in [0.1, 0.15) is 12.2 Å². The lowest BCUT2D eigenvalue weighted by molar-refractivity contribution is -0.144. The lowest BCUT2D eigenvalue weighted by Crippen LogP contribution is -2.41. The molecule has 9 heteroatoms. The summed E-state index contributed by atoms with van der Waals surface area (Å²) in [4.78, 5) is 51.0. The molecule has 254 valence electrons. The second-order valence-corrected chi connectivity index (χ2v) is 18.4. The summed E-state index contributed by atoms with van der Waals surface area (Å²) in [7, 11) is -0.341. The minimum absolute atomic E-state index is 0.0316. The summed E-state index contributed by atoms with van der Waals surface area (Å²) in [5.74, 6) is -1.32. The molecular formula is C37H54O8Si. The van der Waals surface area contributed by atoms with Crippen LogP contribution in [0.5, 0.6) is 5.75 Å². The number of rotatable bonds is 18.